The summed E-state index contributed by atoms with van der Waals surface area (Å²) in [4.78, 5) is 11.4. The molecule has 0 fully saturated rings. The van der Waals surface area contributed by atoms with Crippen molar-refractivity contribution in [3.63, 3.8) is 0 Å². The minimum absolute atomic E-state index is 0.0596. The van der Waals surface area contributed by atoms with Gasteiger partial charge in [-0.25, -0.2) is 4.79 Å². The summed E-state index contributed by atoms with van der Waals surface area (Å²) in [6.07, 6.45) is -0.420. The molecule has 0 saturated heterocycles. The van der Waals surface area contributed by atoms with Crippen LogP contribution in [0, 0.1) is 0 Å². The number of aliphatic hydroxyl groups is 3. The molecular weight excluding hydrogens is 292 g/mol. The van der Waals surface area contributed by atoms with Crippen LogP contribution in [0.3, 0.4) is 0 Å². The predicted molar refractivity (Wildman–Crippen MR) is 80.3 cm³/mol. The van der Waals surface area contributed by atoms with Gasteiger partial charge >= 0.3 is 5.97 Å². The molecule has 0 radical (unpaired) electrons. The van der Waals surface area contributed by atoms with E-state index in [1.54, 1.807) is 6.92 Å². The Kier molecular flexibility index (Phi) is 12.0. The first kappa shape index (κ1) is 21.0. The van der Waals surface area contributed by atoms with Crippen molar-refractivity contribution >= 4 is 5.97 Å². The minimum Gasteiger partial charge on any atom is -0.460 e. The Morgan fingerprint density at radius 3 is 2.41 bits per heavy atom. The number of ether oxygens (including phenoxy) is 3. The lowest BCUT2D eigenvalue weighted by Gasteiger charge is -2.20. The van der Waals surface area contributed by atoms with Gasteiger partial charge < -0.3 is 29.5 Å². The molecule has 0 aliphatic rings. The third-order valence-corrected chi connectivity index (χ3v) is 2.77. The van der Waals surface area contributed by atoms with Crippen molar-refractivity contribution in [3.05, 3.63) is 12.2 Å². The lowest BCUT2D eigenvalue weighted by atomic mass is 10.1. The Morgan fingerprint density at radius 1 is 1.18 bits per heavy atom. The fraction of sp³-hybridized carbons (Fsp3) is 0.800. The van der Waals surface area contributed by atoms with E-state index in [2.05, 4.69) is 6.58 Å². The number of carbonyl (C=O) groups is 1. The van der Waals surface area contributed by atoms with Crippen molar-refractivity contribution in [1.29, 1.82) is 0 Å². The molecule has 0 amide bonds. The highest BCUT2D eigenvalue weighted by Crippen LogP contribution is 2.11. The van der Waals surface area contributed by atoms with Crippen LogP contribution in [0.5, 0.6) is 0 Å². The van der Waals surface area contributed by atoms with E-state index in [1.165, 1.54) is 0 Å². The summed E-state index contributed by atoms with van der Waals surface area (Å²) in [7, 11) is 0. The van der Waals surface area contributed by atoms with Gasteiger partial charge in [0.15, 0.2) is 0 Å². The van der Waals surface area contributed by atoms with Crippen LogP contribution in [0.1, 0.15) is 26.7 Å². The fourth-order valence-corrected chi connectivity index (χ4v) is 1.53. The third kappa shape index (κ3) is 10.7. The van der Waals surface area contributed by atoms with Gasteiger partial charge in [0.05, 0.1) is 44.7 Å². The Bertz CT molecular complexity index is 317. The zero-order valence-corrected chi connectivity index (χ0v) is 13.4. The summed E-state index contributed by atoms with van der Waals surface area (Å²) in [5, 5.41) is 26.9. The summed E-state index contributed by atoms with van der Waals surface area (Å²) < 4.78 is 15.6. The van der Waals surface area contributed by atoms with Crippen LogP contribution in [0.25, 0.3) is 0 Å². The van der Waals surface area contributed by atoms with Gasteiger partial charge in [-0.1, -0.05) is 6.58 Å². The Labute approximate surface area is 131 Å². The molecular formula is C15H28O7. The van der Waals surface area contributed by atoms with Crippen LogP contribution in [-0.2, 0) is 19.0 Å². The first-order valence-electron chi connectivity index (χ1n) is 7.38. The normalized spacial score (nSPS) is 15.1. The van der Waals surface area contributed by atoms with Crippen molar-refractivity contribution in [2.75, 3.05) is 33.0 Å². The van der Waals surface area contributed by atoms with Gasteiger partial charge in [0.1, 0.15) is 6.61 Å². The van der Waals surface area contributed by atoms with Gasteiger partial charge in [-0.15, -0.1) is 0 Å². The molecule has 130 valence electrons. The molecule has 0 aliphatic carbocycles. The topological polar surface area (TPSA) is 105 Å². The monoisotopic (exact) mass is 320 g/mol. The zero-order chi connectivity index (χ0) is 17.0. The van der Waals surface area contributed by atoms with E-state index in [9.17, 15) is 9.90 Å². The average molecular weight is 320 g/mol. The van der Waals surface area contributed by atoms with Gasteiger partial charge in [0, 0.05) is 5.57 Å². The maximum atomic E-state index is 11.4. The van der Waals surface area contributed by atoms with Crippen molar-refractivity contribution < 1.29 is 34.3 Å². The van der Waals surface area contributed by atoms with Crippen LogP contribution in [0.2, 0.25) is 0 Å². The molecule has 0 aromatic heterocycles. The summed E-state index contributed by atoms with van der Waals surface area (Å²) in [6, 6.07) is 0. The van der Waals surface area contributed by atoms with Crippen LogP contribution in [-0.4, -0.2) is 72.6 Å². The second kappa shape index (κ2) is 12.5. The number of rotatable bonds is 13. The standard InChI is InChI=1S/C15H28O7/c1-11(15(19)20-7-6-16)4-5-14(8-17)22-10-13(3)21-9-12(2)18/h12-14,16-18H,1,4-10H2,2-3H3. The Balaban J connectivity index is 3.96. The van der Waals surface area contributed by atoms with E-state index in [-0.39, 0.29) is 44.7 Å². The van der Waals surface area contributed by atoms with Crippen molar-refractivity contribution in [1.82, 2.24) is 0 Å². The van der Waals surface area contributed by atoms with Gasteiger partial charge in [-0.3, -0.25) is 0 Å². The second-order valence-electron chi connectivity index (χ2n) is 5.13. The Morgan fingerprint density at radius 2 is 1.86 bits per heavy atom. The predicted octanol–water partition coefficient (Wildman–Crippen LogP) is 0.0217. The molecule has 7 nitrogen and oxygen atoms in total. The molecule has 22 heavy (non-hydrogen) atoms. The summed E-state index contributed by atoms with van der Waals surface area (Å²) in [5.74, 6) is -0.556. The zero-order valence-electron chi connectivity index (χ0n) is 13.4. The molecule has 3 atom stereocenters. The fourth-order valence-electron chi connectivity index (χ4n) is 1.53. The molecule has 0 rings (SSSR count). The van der Waals surface area contributed by atoms with E-state index >= 15 is 0 Å². The van der Waals surface area contributed by atoms with Gasteiger partial charge in [-0.05, 0) is 26.7 Å². The molecule has 0 bridgehead atoms. The molecule has 0 heterocycles. The van der Waals surface area contributed by atoms with Gasteiger partial charge in [-0.2, -0.15) is 0 Å². The van der Waals surface area contributed by atoms with Gasteiger partial charge in [0.25, 0.3) is 0 Å². The first-order valence-corrected chi connectivity index (χ1v) is 7.38. The molecule has 0 saturated carbocycles. The van der Waals surface area contributed by atoms with E-state index in [0.29, 0.717) is 12.8 Å². The smallest absolute Gasteiger partial charge is 0.333 e. The summed E-state index contributed by atoms with van der Waals surface area (Å²) in [5.41, 5.74) is 0.272. The van der Waals surface area contributed by atoms with Crippen LogP contribution in [0.15, 0.2) is 12.2 Å². The lowest BCUT2D eigenvalue weighted by Crippen LogP contribution is -2.27. The molecule has 0 aromatic rings. The molecule has 3 N–H and O–H groups in total. The highest BCUT2D eigenvalue weighted by molar-refractivity contribution is 5.87. The molecule has 0 aromatic carbocycles. The van der Waals surface area contributed by atoms with Crippen molar-refractivity contribution in [3.8, 4) is 0 Å². The quantitative estimate of drug-likeness (QED) is 0.324. The SMILES string of the molecule is C=C(CCC(CO)OCC(C)OCC(C)O)C(=O)OCCO. The van der Waals surface area contributed by atoms with Crippen LogP contribution >= 0.6 is 0 Å². The first-order chi connectivity index (χ1) is 10.4. The molecule has 7 heteroatoms. The number of hydrogen-bond acceptors (Lipinski definition) is 7. The highest BCUT2D eigenvalue weighted by atomic mass is 16.5. The van der Waals surface area contributed by atoms with Crippen LogP contribution in [0.4, 0.5) is 0 Å². The van der Waals surface area contributed by atoms with E-state index in [0.717, 1.165) is 0 Å². The number of hydrogen-bond donors (Lipinski definition) is 3. The summed E-state index contributed by atoms with van der Waals surface area (Å²) >= 11 is 0. The van der Waals surface area contributed by atoms with Crippen LogP contribution < -0.4 is 0 Å². The Hall–Kier alpha value is -0.990. The van der Waals surface area contributed by atoms with Crippen molar-refractivity contribution in [2.24, 2.45) is 0 Å². The second-order valence-corrected chi connectivity index (χ2v) is 5.13. The third-order valence-electron chi connectivity index (χ3n) is 2.77. The summed E-state index contributed by atoms with van der Waals surface area (Å²) in [6.45, 7) is 7.08. The number of esters is 1. The molecule has 3 unspecified atom stereocenters. The minimum atomic E-state index is -0.556. The average Bonchev–Trinajstić information content (AvgIpc) is 2.50. The molecule has 0 aliphatic heterocycles. The van der Waals surface area contributed by atoms with E-state index in [4.69, 9.17) is 24.4 Å². The number of aliphatic hydroxyl groups excluding tert-OH is 3. The number of carbonyl (C=O) groups excluding carboxylic acids is 1. The maximum absolute atomic E-state index is 11.4. The lowest BCUT2D eigenvalue weighted by molar-refractivity contribution is -0.140. The van der Waals surface area contributed by atoms with Gasteiger partial charge in [0.2, 0.25) is 0 Å². The van der Waals surface area contributed by atoms with E-state index in [1.807, 2.05) is 6.92 Å². The largest absolute Gasteiger partial charge is 0.460 e. The van der Waals surface area contributed by atoms with E-state index < -0.39 is 18.2 Å². The highest BCUT2D eigenvalue weighted by Gasteiger charge is 2.15. The maximum Gasteiger partial charge on any atom is 0.333 e. The molecule has 0 spiro atoms. The van der Waals surface area contributed by atoms with Crippen molar-refractivity contribution in [2.45, 2.75) is 45.0 Å².